The molecule has 1 aromatic rings. The zero-order chi connectivity index (χ0) is 17.3. The number of amides is 1. The van der Waals surface area contributed by atoms with Crippen molar-refractivity contribution in [1.29, 1.82) is 0 Å². The van der Waals surface area contributed by atoms with Crippen LogP contribution in [0.1, 0.15) is 55.1 Å². The van der Waals surface area contributed by atoms with E-state index in [1.165, 1.54) is 12.8 Å². The lowest BCUT2D eigenvalue weighted by Gasteiger charge is -2.47. The number of nitrogens with zero attached hydrogens (tertiary/aromatic N) is 2. The van der Waals surface area contributed by atoms with Gasteiger partial charge in [0.2, 0.25) is 5.88 Å². The largest absolute Gasteiger partial charge is 0.452 e. The van der Waals surface area contributed by atoms with Crippen LogP contribution >= 0.6 is 0 Å². The van der Waals surface area contributed by atoms with Crippen molar-refractivity contribution in [2.24, 2.45) is 11.8 Å². The Balaban J connectivity index is 1.61. The van der Waals surface area contributed by atoms with E-state index in [0.29, 0.717) is 17.5 Å². The molecule has 7 heteroatoms. The molecule has 1 aromatic heterocycles. The summed E-state index contributed by atoms with van der Waals surface area (Å²) in [4.78, 5) is 26.6. The monoisotopic (exact) mass is 335 g/mol. The summed E-state index contributed by atoms with van der Waals surface area (Å²) in [6.45, 7) is 4.37. The third-order valence-corrected chi connectivity index (χ3v) is 5.48. The maximum absolute atomic E-state index is 12.6. The number of ether oxygens (including phenoxy) is 1. The van der Waals surface area contributed by atoms with E-state index in [4.69, 9.17) is 15.0 Å². The summed E-state index contributed by atoms with van der Waals surface area (Å²) in [7, 11) is 0. The number of aryl methyl sites for hydroxylation is 1. The standard InChI is InChI=1S/C17H25N3O4/c1-10-7-8-20(13-6-4-3-5-12(10)13)14(21)9-23-17(22)15-11(2)19-24-16(15)18/h10,12-13H,3-9,18H2,1-2H3/t10-,12-,13-/m0/s1. The number of carbonyl (C=O) groups is 2. The predicted molar refractivity (Wildman–Crippen MR) is 87.2 cm³/mol. The van der Waals surface area contributed by atoms with Crippen LogP contribution in [0.15, 0.2) is 4.52 Å². The highest BCUT2D eigenvalue weighted by Crippen LogP contribution is 2.38. The molecule has 1 saturated heterocycles. The average Bonchev–Trinajstić information content (AvgIpc) is 2.92. The van der Waals surface area contributed by atoms with Crippen LogP contribution in [-0.2, 0) is 9.53 Å². The third kappa shape index (κ3) is 3.12. The quantitative estimate of drug-likeness (QED) is 0.850. The normalized spacial score (nSPS) is 26.8. The summed E-state index contributed by atoms with van der Waals surface area (Å²) in [5, 5.41) is 3.62. The summed E-state index contributed by atoms with van der Waals surface area (Å²) in [6, 6.07) is 0.288. The van der Waals surface area contributed by atoms with E-state index in [1.54, 1.807) is 6.92 Å². The molecule has 2 N–H and O–H groups in total. The molecule has 0 radical (unpaired) electrons. The highest BCUT2D eigenvalue weighted by Gasteiger charge is 2.39. The highest BCUT2D eigenvalue weighted by atomic mass is 16.5. The molecular formula is C17H25N3O4. The Morgan fingerprint density at radius 2 is 2.08 bits per heavy atom. The van der Waals surface area contributed by atoms with E-state index in [0.717, 1.165) is 25.8 Å². The fourth-order valence-corrected chi connectivity index (χ4v) is 4.14. The number of esters is 1. The van der Waals surface area contributed by atoms with Crippen LogP contribution in [-0.4, -0.2) is 41.1 Å². The topological polar surface area (TPSA) is 98.7 Å². The molecule has 0 bridgehead atoms. The van der Waals surface area contributed by atoms with Gasteiger partial charge in [0, 0.05) is 12.6 Å². The number of aromatic nitrogens is 1. The fourth-order valence-electron chi connectivity index (χ4n) is 4.14. The Kier molecular flexibility index (Phi) is 4.78. The number of hydrogen-bond donors (Lipinski definition) is 1. The summed E-state index contributed by atoms with van der Waals surface area (Å²) in [5.41, 5.74) is 6.04. The Labute approximate surface area is 141 Å². The summed E-state index contributed by atoms with van der Waals surface area (Å²) in [6.07, 6.45) is 5.65. The van der Waals surface area contributed by atoms with Crippen molar-refractivity contribution in [1.82, 2.24) is 10.1 Å². The van der Waals surface area contributed by atoms with Crippen LogP contribution in [0.25, 0.3) is 0 Å². The Morgan fingerprint density at radius 1 is 1.33 bits per heavy atom. The number of likely N-dealkylation sites (tertiary alicyclic amines) is 1. The van der Waals surface area contributed by atoms with Crippen LogP contribution in [0.3, 0.4) is 0 Å². The maximum atomic E-state index is 12.6. The van der Waals surface area contributed by atoms with Crippen LogP contribution in [0.5, 0.6) is 0 Å². The molecular weight excluding hydrogens is 310 g/mol. The summed E-state index contributed by atoms with van der Waals surface area (Å²) in [5.74, 6) is 0.360. The van der Waals surface area contributed by atoms with Crippen LogP contribution < -0.4 is 5.73 Å². The van der Waals surface area contributed by atoms with E-state index < -0.39 is 5.97 Å². The Hall–Kier alpha value is -2.05. The number of fused-ring (bicyclic) bond motifs is 1. The number of anilines is 1. The number of nitrogen functional groups attached to an aromatic ring is 1. The number of rotatable bonds is 3. The molecule has 0 unspecified atom stereocenters. The van der Waals surface area contributed by atoms with Gasteiger partial charge in [0.1, 0.15) is 5.56 Å². The maximum Gasteiger partial charge on any atom is 0.346 e. The second-order valence-electron chi connectivity index (χ2n) is 6.95. The first kappa shape index (κ1) is 16.8. The van der Waals surface area contributed by atoms with Gasteiger partial charge in [-0.2, -0.15) is 0 Å². The van der Waals surface area contributed by atoms with Crippen LogP contribution in [0, 0.1) is 18.8 Å². The third-order valence-electron chi connectivity index (χ3n) is 5.48. The molecule has 1 saturated carbocycles. The molecule has 7 nitrogen and oxygen atoms in total. The molecule has 2 heterocycles. The number of carbonyl (C=O) groups excluding carboxylic acids is 2. The van der Waals surface area contributed by atoms with Gasteiger partial charge in [-0.05, 0) is 38.0 Å². The zero-order valence-electron chi connectivity index (χ0n) is 14.3. The van der Waals surface area contributed by atoms with Crippen molar-refractivity contribution in [3.05, 3.63) is 11.3 Å². The number of hydrogen-bond acceptors (Lipinski definition) is 6. The minimum Gasteiger partial charge on any atom is -0.452 e. The van der Waals surface area contributed by atoms with Crippen molar-refractivity contribution in [2.75, 3.05) is 18.9 Å². The van der Waals surface area contributed by atoms with Gasteiger partial charge in [0.25, 0.3) is 5.91 Å². The van der Waals surface area contributed by atoms with Gasteiger partial charge < -0.3 is 19.9 Å². The minimum atomic E-state index is -0.662. The van der Waals surface area contributed by atoms with E-state index in [9.17, 15) is 9.59 Å². The molecule has 1 aliphatic heterocycles. The summed E-state index contributed by atoms with van der Waals surface area (Å²) < 4.78 is 9.91. The number of nitrogens with two attached hydrogens (primary N) is 1. The first-order chi connectivity index (χ1) is 11.5. The molecule has 0 spiro atoms. The zero-order valence-corrected chi connectivity index (χ0v) is 14.3. The lowest BCUT2D eigenvalue weighted by Crippen LogP contribution is -2.53. The lowest BCUT2D eigenvalue weighted by atomic mass is 9.72. The Bertz CT molecular complexity index is 608. The second-order valence-corrected chi connectivity index (χ2v) is 6.95. The Morgan fingerprint density at radius 3 is 2.79 bits per heavy atom. The molecule has 3 rings (SSSR count). The highest BCUT2D eigenvalue weighted by molar-refractivity contribution is 5.96. The van der Waals surface area contributed by atoms with Gasteiger partial charge in [-0.1, -0.05) is 24.9 Å². The smallest absolute Gasteiger partial charge is 0.346 e. The molecule has 132 valence electrons. The molecule has 1 amide bonds. The SMILES string of the molecule is Cc1noc(N)c1C(=O)OCC(=O)N1CC[C@H](C)[C@@H]2CCCC[C@@H]21. The van der Waals surface area contributed by atoms with Gasteiger partial charge >= 0.3 is 5.97 Å². The van der Waals surface area contributed by atoms with Crippen LogP contribution in [0.2, 0.25) is 0 Å². The van der Waals surface area contributed by atoms with Crippen molar-refractivity contribution in [3.63, 3.8) is 0 Å². The molecule has 0 aromatic carbocycles. The van der Waals surface area contributed by atoms with Gasteiger partial charge in [-0.3, -0.25) is 4.79 Å². The van der Waals surface area contributed by atoms with Crippen molar-refractivity contribution in [2.45, 2.75) is 52.0 Å². The average molecular weight is 335 g/mol. The van der Waals surface area contributed by atoms with Gasteiger partial charge in [0.05, 0.1) is 5.69 Å². The molecule has 1 aliphatic carbocycles. The minimum absolute atomic E-state index is 0.0795. The molecule has 2 fully saturated rings. The van der Waals surface area contributed by atoms with E-state index in [2.05, 4.69) is 12.1 Å². The molecule has 2 aliphatic rings. The molecule has 3 atom stereocenters. The number of piperidine rings is 1. The lowest BCUT2D eigenvalue weighted by molar-refractivity contribution is -0.142. The second kappa shape index (κ2) is 6.83. The van der Waals surface area contributed by atoms with Gasteiger partial charge in [0.15, 0.2) is 6.61 Å². The summed E-state index contributed by atoms with van der Waals surface area (Å²) >= 11 is 0. The van der Waals surface area contributed by atoms with Crippen molar-refractivity contribution < 1.29 is 18.8 Å². The van der Waals surface area contributed by atoms with E-state index >= 15 is 0 Å². The van der Waals surface area contributed by atoms with Crippen LogP contribution in [0.4, 0.5) is 5.88 Å². The van der Waals surface area contributed by atoms with Crippen molar-refractivity contribution in [3.8, 4) is 0 Å². The van der Waals surface area contributed by atoms with E-state index in [-0.39, 0.29) is 30.0 Å². The first-order valence-electron chi connectivity index (χ1n) is 8.67. The van der Waals surface area contributed by atoms with Crippen molar-refractivity contribution >= 4 is 17.8 Å². The molecule has 24 heavy (non-hydrogen) atoms. The van der Waals surface area contributed by atoms with Gasteiger partial charge in [-0.25, -0.2) is 4.79 Å². The predicted octanol–water partition coefficient (Wildman–Crippen LogP) is 2.15. The fraction of sp³-hybridized carbons (Fsp3) is 0.706. The van der Waals surface area contributed by atoms with E-state index in [1.807, 2.05) is 4.90 Å². The van der Waals surface area contributed by atoms with Gasteiger partial charge in [-0.15, -0.1) is 0 Å². The first-order valence-corrected chi connectivity index (χ1v) is 8.67.